The van der Waals surface area contributed by atoms with E-state index in [1.54, 1.807) is 25.3 Å². The first-order chi connectivity index (χ1) is 9.04. The van der Waals surface area contributed by atoms with Gasteiger partial charge in [-0.25, -0.2) is 8.42 Å². The van der Waals surface area contributed by atoms with Gasteiger partial charge in [0.25, 0.3) is 0 Å². The molecule has 0 radical (unpaired) electrons. The van der Waals surface area contributed by atoms with Crippen molar-refractivity contribution in [3.63, 3.8) is 0 Å². The quantitative estimate of drug-likeness (QED) is 0.862. The fraction of sp³-hybridized carbons (Fsp3) is 0.267. The molecular weight excluding hydrogens is 258 g/mol. The number of pyridine rings is 1. The highest BCUT2D eigenvalue weighted by atomic mass is 32.2. The molecular formula is C15H17NO2S. The van der Waals surface area contributed by atoms with E-state index in [0.717, 1.165) is 11.1 Å². The van der Waals surface area contributed by atoms with Gasteiger partial charge in [0, 0.05) is 11.9 Å². The number of aryl methyl sites for hydroxylation is 1. The first kappa shape index (κ1) is 13.7. The lowest BCUT2D eigenvalue weighted by Gasteiger charge is -2.17. The zero-order chi connectivity index (χ0) is 13.9. The van der Waals surface area contributed by atoms with E-state index < -0.39 is 15.1 Å². The van der Waals surface area contributed by atoms with Gasteiger partial charge in [0.15, 0.2) is 9.84 Å². The topological polar surface area (TPSA) is 47.0 Å². The second-order valence-electron chi connectivity index (χ2n) is 4.50. The predicted molar refractivity (Wildman–Crippen MR) is 76.7 cm³/mol. The minimum absolute atomic E-state index is 0.0993. The lowest BCUT2D eigenvalue weighted by molar-refractivity contribution is 0.589. The number of rotatable bonds is 4. The minimum Gasteiger partial charge on any atom is -0.260 e. The molecule has 0 spiro atoms. The summed E-state index contributed by atoms with van der Waals surface area (Å²) in [5, 5.41) is -0.681. The molecule has 0 aliphatic carbocycles. The van der Waals surface area contributed by atoms with E-state index in [4.69, 9.17) is 0 Å². The van der Waals surface area contributed by atoms with Crippen molar-refractivity contribution in [2.75, 3.05) is 5.75 Å². The summed E-state index contributed by atoms with van der Waals surface area (Å²) in [4.78, 5) is 4.21. The molecule has 0 aliphatic rings. The van der Waals surface area contributed by atoms with Crippen LogP contribution in [-0.4, -0.2) is 19.2 Å². The Kier molecular flexibility index (Phi) is 4.00. The Morgan fingerprint density at radius 2 is 1.79 bits per heavy atom. The SMILES string of the molecule is CCS(=O)(=O)C(c1ccc(C)cc1)c1ccccn1. The molecule has 2 aromatic rings. The van der Waals surface area contributed by atoms with Crippen LogP contribution < -0.4 is 0 Å². The van der Waals surface area contributed by atoms with Crippen LogP contribution in [0.1, 0.15) is 29.0 Å². The molecule has 19 heavy (non-hydrogen) atoms. The summed E-state index contributed by atoms with van der Waals surface area (Å²) in [6.45, 7) is 3.65. The van der Waals surface area contributed by atoms with Crippen molar-refractivity contribution in [1.29, 1.82) is 0 Å². The van der Waals surface area contributed by atoms with Crippen molar-refractivity contribution in [3.05, 3.63) is 65.5 Å². The van der Waals surface area contributed by atoms with Crippen molar-refractivity contribution in [3.8, 4) is 0 Å². The number of sulfone groups is 1. The molecule has 1 unspecified atom stereocenters. The van der Waals surface area contributed by atoms with Crippen LogP contribution in [0.3, 0.4) is 0 Å². The van der Waals surface area contributed by atoms with Crippen LogP contribution in [0.25, 0.3) is 0 Å². The van der Waals surface area contributed by atoms with Crippen LogP contribution in [0.2, 0.25) is 0 Å². The van der Waals surface area contributed by atoms with Crippen LogP contribution in [0.15, 0.2) is 48.7 Å². The van der Waals surface area contributed by atoms with Gasteiger partial charge in [-0.2, -0.15) is 0 Å². The van der Waals surface area contributed by atoms with Gasteiger partial charge >= 0.3 is 0 Å². The standard InChI is InChI=1S/C15H17NO2S/c1-3-19(17,18)15(14-6-4-5-11-16-14)13-9-7-12(2)8-10-13/h4-11,15H,3H2,1-2H3. The van der Waals surface area contributed by atoms with E-state index in [1.165, 1.54) is 0 Å². The average molecular weight is 275 g/mol. The minimum atomic E-state index is -3.24. The number of aromatic nitrogens is 1. The monoisotopic (exact) mass is 275 g/mol. The number of benzene rings is 1. The predicted octanol–water partition coefficient (Wildman–Crippen LogP) is 2.91. The number of nitrogens with zero attached hydrogens (tertiary/aromatic N) is 1. The van der Waals surface area contributed by atoms with Crippen molar-refractivity contribution in [2.24, 2.45) is 0 Å². The van der Waals surface area contributed by atoms with Crippen molar-refractivity contribution >= 4 is 9.84 Å². The maximum absolute atomic E-state index is 12.3. The lowest BCUT2D eigenvalue weighted by atomic mass is 10.1. The summed E-state index contributed by atoms with van der Waals surface area (Å²) >= 11 is 0. The van der Waals surface area contributed by atoms with Gasteiger partial charge in [0.2, 0.25) is 0 Å². The highest BCUT2D eigenvalue weighted by molar-refractivity contribution is 7.91. The largest absolute Gasteiger partial charge is 0.260 e. The Bertz CT molecular complexity index is 634. The van der Waals surface area contributed by atoms with Gasteiger partial charge < -0.3 is 0 Å². The molecule has 0 amide bonds. The van der Waals surface area contributed by atoms with Gasteiger partial charge in [-0.05, 0) is 24.6 Å². The van der Waals surface area contributed by atoms with Gasteiger partial charge in [-0.3, -0.25) is 4.98 Å². The molecule has 0 fully saturated rings. The fourth-order valence-corrected chi connectivity index (χ4v) is 3.41. The van der Waals surface area contributed by atoms with E-state index in [-0.39, 0.29) is 5.75 Å². The summed E-state index contributed by atoms with van der Waals surface area (Å²) in [6.07, 6.45) is 1.63. The van der Waals surface area contributed by atoms with Crippen LogP contribution in [-0.2, 0) is 9.84 Å². The number of hydrogen-bond acceptors (Lipinski definition) is 3. The zero-order valence-electron chi connectivity index (χ0n) is 11.1. The molecule has 0 N–H and O–H groups in total. The Morgan fingerprint density at radius 3 is 2.32 bits per heavy atom. The summed E-state index contributed by atoms with van der Waals surface area (Å²) in [6, 6.07) is 12.9. The van der Waals surface area contributed by atoms with Gasteiger partial charge in [0.1, 0.15) is 5.25 Å². The molecule has 0 saturated carbocycles. The van der Waals surface area contributed by atoms with Crippen molar-refractivity contribution in [2.45, 2.75) is 19.1 Å². The summed E-state index contributed by atoms with van der Waals surface area (Å²) in [7, 11) is -3.24. The van der Waals surface area contributed by atoms with Gasteiger partial charge in [0.05, 0.1) is 5.69 Å². The normalized spacial score (nSPS) is 13.2. The molecule has 1 aromatic heterocycles. The molecule has 3 nitrogen and oxygen atoms in total. The van der Waals surface area contributed by atoms with Gasteiger partial charge in [-0.1, -0.05) is 42.8 Å². The second kappa shape index (κ2) is 5.53. The Labute approximate surface area is 114 Å². The molecule has 100 valence electrons. The van der Waals surface area contributed by atoms with E-state index in [0.29, 0.717) is 5.69 Å². The van der Waals surface area contributed by atoms with E-state index in [1.807, 2.05) is 37.3 Å². The highest BCUT2D eigenvalue weighted by Crippen LogP contribution is 2.29. The highest BCUT2D eigenvalue weighted by Gasteiger charge is 2.28. The lowest BCUT2D eigenvalue weighted by Crippen LogP contribution is -2.17. The average Bonchev–Trinajstić information content (AvgIpc) is 2.42. The summed E-state index contributed by atoms with van der Waals surface area (Å²) < 4.78 is 24.7. The Hall–Kier alpha value is -1.68. The van der Waals surface area contributed by atoms with E-state index >= 15 is 0 Å². The van der Waals surface area contributed by atoms with E-state index in [2.05, 4.69) is 4.98 Å². The molecule has 0 saturated heterocycles. The van der Waals surface area contributed by atoms with Crippen molar-refractivity contribution in [1.82, 2.24) is 4.98 Å². The molecule has 2 rings (SSSR count). The third-order valence-corrected chi connectivity index (χ3v) is 5.13. The van der Waals surface area contributed by atoms with Crippen LogP contribution in [0.4, 0.5) is 0 Å². The first-order valence-corrected chi connectivity index (χ1v) is 7.95. The van der Waals surface area contributed by atoms with Crippen LogP contribution >= 0.6 is 0 Å². The Balaban J connectivity index is 2.56. The molecule has 0 bridgehead atoms. The van der Waals surface area contributed by atoms with E-state index in [9.17, 15) is 8.42 Å². The second-order valence-corrected chi connectivity index (χ2v) is 6.87. The third-order valence-electron chi connectivity index (χ3n) is 3.10. The maximum atomic E-state index is 12.3. The third kappa shape index (κ3) is 3.01. The smallest absolute Gasteiger partial charge is 0.162 e. The Morgan fingerprint density at radius 1 is 1.11 bits per heavy atom. The fourth-order valence-electron chi connectivity index (χ4n) is 2.00. The van der Waals surface area contributed by atoms with Crippen LogP contribution in [0, 0.1) is 6.92 Å². The summed E-state index contributed by atoms with van der Waals surface area (Å²) in [5.41, 5.74) is 2.46. The molecule has 1 aromatic carbocycles. The molecule has 4 heteroatoms. The summed E-state index contributed by atoms with van der Waals surface area (Å²) in [5.74, 6) is 0.0993. The maximum Gasteiger partial charge on any atom is 0.162 e. The first-order valence-electron chi connectivity index (χ1n) is 6.23. The number of hydrogen-bond donors (Lipinski definition) is 0. The van der Waals surface area contributed by atoms with Crippen LogP contribution in [0.5, 0.6) is 0 Å². The molecule has 0 aliphatic heterocycles. The van der Waals surface area contributed by atoms with Gasteiger partial charge in [-0.15, -0.1) is 0 Å². The molecule has 1 atom stereocenters. The van der Waals surface area contributed by atoms with Crippen molar-refractivity contribution < 1.29 is 8.42 Å². The zero-order valence-corrected chi connectivity index (χ0v) is 11.9. The molecule has 1 heterocycles.